The molecule has 172 valence electrons. The average molecular weight is 448 g/mol. The van der Waals surface area contributed by atoms with Crippen molar-refractivity contribution < 1.29 is 24.3 Å². The molecule has 0 fully saturated rings. The minimum absolute atomic E-state index is 0.102. The molecular weight excluding hydrogens is 414 g/mol. The van der Waals surface area contributed by atoms with E-state index in [0.717, 1.165) is 0 Å². The summed E-state index contributed by atoms with van der Waals surface area (Å²) in [6.45, 7) is 3.14. The summed E-state index contributed by atoms with van der Waals surface area (Å²) in [5, 5.41) is 16.7. The fourth-order valence-electron chi connectivity index (χ4n) is 2.24. The number of nitrogens with zero attached hydrogens (tertiary/aromatic N) is 1. The smallest absolute Gasteiger partial charge is 0.326 e. The van der Waals surface area contributed by atoms with Gasteiger partial charge in [0.25, 0.3) is 0 Å². The van der Waals surface area contributed by atoms with Gasteiger partial charge in [-0.05, 0) is 45.1 Å². The number of carboxylic acid groups (broad SMARTS) is 1. The highest BCUT2D eigenvalue weighted by Crippen LogP contribution is 2.03. The molecule has 3 amide bonds. The van der Waals surface area contributed by atoms with Gasteiger partial charge in [0.1, 0.15) is 18.1 Å². The van der Waals surface area contributed by atoms with Gasteiger partial charge in [0.15, 0.2) is 5.96 Å². The molecule has 0 aliphatic heterocycles. The second kappa shape index (κ2) is 14.4. The zero-order chi connectivity index (χ0) is 23.3. The largest absolute Gasteiger partial charge is 0.480 e. The zero-order valence-electron chi connectivity index (χ0n) is 17.5. The molecule has 4 atom stereocenters. The van der Waals surface area contributed by atoms with Crippen LogP contribution in [0.15, 0.2) is 4.99 Å². The molecule has 13 heteroatoms. The molecule has 0 aromatic rings. The fourth-order valence-corrected chi connectivity index (χ4v) is 2.72. The predicted molar refractivity (Wildman–Crippen MR) is 116 cm³/mol. The Morgan fingerprint density at radius 3 is 2.07 bits per heavy atom. The maximum Gasteiger partial charge on any atom is 0.326 e. The Morgan fingerprint density at radius 1 is 0.967 bits per heavy atom. The van der Waals surface area contributed by atoms with Gasteiger partial charge in [0, 0.05) is 6.54 Å². The molecular formula is C17H33N7O5S. The van der Waals surface area contributed by atoms with Crippen LogP contribution in [0.2, 0.25) is 0 Å². The van der Waals surface area contributed by atoms with Crippen LogP contribution in [0.25, 0.3) is 0 Å². The van der Waals surface area contributed by atoms with Crippen molar-refractivity contribution in [3.63, 3.8) is 0 Å². The summed E-state index contributed by atoms with van der Waals surface area (Å²) in [5.41, 5.74) is 15.9. The van der Waals surface area contributed by atoms with Gasteiger partial charge in [0.2, 0.25) is 17.7 Å². The van der Waals surface area contributed by atoms with E-state index in [4.69, 9.17) is 17.2 Å². The quantitative estimate of drug-likeness (QED) is 0.0864. The lowest BCUT2D eigenvalue weighted by Crippen LogP contribution is -2.56. The van der Waals surface area contributed by atoms with Crippen LogP contribution >= 0.6 is 11.8 Å². The van der Waals surface area contributed by atoms with Crippen LogP contribution in [0, 0.1) is 0 Å². The first kappa shape index (κ1) is 27.5. The van der Waals surface area contributed by atoms with Gasteiger partial charge in [-0.1, -0.05) is 0 Å². The number of carboxylic acids is 1. The summed E-state index contributed by atoms with van der Waals surface area (Å²) in [7, 11) is 0. The van der Waals surface area contributed by atoms with E-state index < -0.39 is 47.9 Å². The van der Waals surface area contributed by atoms with Gasteiger partial charge in [-0.15, -0.1) is 0 Å². The summed E-state index contributed by atoms with van der Waals surface area (Å²) < 4.78 is 0. The topological polar surface area (TPSA) is 215 Å². The number of thioether (sulfide) groups is 1. The number of amides is 3. The third-order valence-corrected chi connectivity index (χ3v) is 4.61. The van der Waals surface area contributed by atoms with Crippen LogP contribution in [-0.4, -0.2) is 77.5 Å². The van der Waals surface area contributed by atoms with Crippen molar-refractivity contribution in [1.82, 2.24) is 16.0 Å². The van der Waals surface area contributed by atoms with E-state index >= 15 is 0 Å². The minimum atomic E-state index is -1.21. The maximum absolute atomic E-state index is 12.5. The van der Waals surface area contributed by atoms with Gasteiger partial charge in [-0.25, -0.2) is 4.79 Å². The zero-order valence-corrected chi connectivity index (χ0v) is 18.3. The SMILES string of the molecule is CSCCC(NC(=O)C(C)N)C(=O)NC(C)C(=O)NC(CCCN=C(N)N)C(=O)O. The monoisotopic (exact) mass is 447 g/mol. The van der Waals surface area contributed by atoms with E-state index in [1.54, 1.807) is 0 Å². The highest BCUT2D eigenvalue weighted by Gasteiger charge is 2.27. The Hall–Kier alpha value is -2.54. The second-order valence-electron chi connectivity index (χ2n) is 6.71. The number of carbonyl (C=O) groups excluding carboxylic acids is 3. The number of guanidine groups is 1. The lowest BCUT2D eigenvalue weighted by molar-refractivity contribution is -0.142. The van der Waals surface area contributed by atoms with Crippen LogP contribution in [0.1, 0.15) is 33.1 Å². The molecule has 0 rings (SSSR count). The van der Waals surface area contributed by atoms with E-state index in [2.05, 4.69) is 20.9 Å². The first-order valence-corrected chi connectivity index (χ1v) is 10.8. The van der Waals surface area contributed by atoms with Crippen LogP contribution in [0.4, 0.5) is 0 Å². The first-order chi connectivity index (χ1) is 14.0. The molecule has 0 heterocycles. The van der Waals surface area contributed by atoms with Crippen molar-refractivity contribution >= 4 is 41.4 Å². The Labute approximate surface area is 180 Å². The molecule has 0 aliphatic carbocycles. The van der Waals surface area contributed by atoms with E-state index in [-0.39, 0.29) is 18.9 Å². The molecule has 30 heavy (non-hydrogen) atoms. The van der Waals surface area contributed by atoms with Crippen molar-refractivity contribution in [1.29, 1.82) is 0 Å². The van der Waals surface area contributed by atoms with Crippen LogP contribution in [0.5, 0.6) is 0 Å². The van der Waals surface area contributed by atoms with Gasteiger partial charge in [-0.2, -0.15) is 11.8 Å². The molecule has 0 saturated heterocycles. The minimum Gasteiger partial charge on any atom is -0.480 e. The summed E-state index contributed by atoms with van der Waals surface area (Å²) in [6.07, 6.45) is 2.66. The fraction of sp³-hybridized carbons (Fsp3) is 0.706. The lowest BCUT2D eigenvalue weighted by Gasteiger charge is -2.23. The lowest BCUT2D eigenvalue weighted by atomic mass is 10.1. The summed E-state index contributed by atoms with van der Waals surface area (Å²) in [5.74, 6) is -2.42. The number of aliphatic carboxylic acids is 1. The van der Waals surface area contributed by atoms with Crippen molar-refractivity contribution in [3.8, 4) is 0 Å². The Balaban J connectivity index is 4.86. The standard InChI is InChI=1S/C17H33N7O5S/c1-9(18)13(25)23-11(6-8-30-3)15(27)22-10(2)14(26)24-12(16(28)29)5-4-7-21-17(19)20/h9-12H,4-8,18H2,1-3H3,(H,22,27)(H,23,25)(H,24,26)(H,28,29)(H4,19,20,21). The number of nitrogens with one attached hydrogen (secondary N) is 3. The highest BCUT2D eigenvalue weighted by atomic mass is 32.2. The normalized spacial score (nSPS) is 14.5. The first-order valence-electron chi connectivity index (χ1n) is 9.43. The van der Waals surface area contributed by atoms with Crippen LogP contribution < -0.4 is 33.2 Å². The van der Waals surface area contributed by atoms with Crippen molar-refractivity contribution in [2.45, 2.75) is 57.3 Å². The molecule has 12 nitrogen and oxygen atoms in total. The summed E-state index contributed by atoms with van der Waals surface area (Å²) in [4.78, 5) is 51.8. The van der Waals surface area contributed by atoms with Crippen molar-refractivity contribution in [2.75, 3.05) is 18.6 Å². The van der Waals surface area contributed by atoms with Crippen LogP contribution in [-0.2, 0) is 19.2 Å². The predicted octanol–water partition coefficient (Wildman–Crippen LogP) is -2.30. The third kappa shape index (κ3) is 11.5. The maximum atomic E-state index is 12.5. The number of rotatable bonds is 14. The van der Waals surface area contributed by atoms with Crippen molar-refractivity contribution in [2.24, 2.45) is 22.2 Å². The van der Waals surface area contributed by atoms with Crippen molar-refractivity contribution in [3.05, 3.63) is 0 Å². The summed E-state index contributed by atoms with van der Waals surface area (Å²) in [6, 6.07) is -3.82. The molecule has 0 saturated carbocycles. The Bertz CT molecular complexity index is 626. The van der Waals surface area contributed by atoms with Gasteiger partial charge < -0.3 is 38.3 Å². The molecule has 0 radical (unpaired) electrons. The second-order valence-corrected chi connectivity index (χ2v) is 7.70. The molecule has 4 unspecified atom stereocenters. The van der Waals surface area contributed by atoms with E-state index in [9.17, 15) is 24.3 Å². The summed E-state index contributed by atoms with van der Waals surface area (Å²) >= 11 is 1.50. The molecule has 0 aliphatic rings. The molecule has 0 aromatic heterocycles. The molecule has 0 spiro atoms. The van der Waals surface area contributed by atoms with E-state index in [1.807, 2.05) is 6.26 Å². The van der Waals surface area contributed by atoms with Gasteiger partial charge in [0.05, 0.1) is 6.04 Å². The Kier molecular flexibility index (Phi) is 13.2. The molecule has 0 bridgehead atoms. The number of carbonyl (C=O) groups is 4. The van der Waals surface area contributed by atoms with E-state index in [1.165, 1.54) is 25.6 Å². The average Bonchev–Trinajstić information content (AvgIpc) is 2.66. The number of aliphatic imine (C=N–C) groups is 1. The van der Waals surface area contributed by atoms with Gasteiger partial charge in [-0.3, -0.25) is 19.4 Å². The highest BCUT2D eigenvalue weighted by molar-refractivity contribution is 7.98. The van der Waals surface area contributed by atoms with Crippen LogP contribution in [0.3, 0.4) is 0 Å². The molecule has 0 aromatic carbocycles. The molecule has 10 N–H and O–H groups in total. The van der Waals surface area contributed by atoms with E-state index in [0.29, 0.717) is 18.6 Å². The van der Waals surface area contributed by atoms with Gasteiger partial charge >= 0.3 is 5.97 Å². The number of hydrogen-bond acceptors (Lipinski definition) is 7. The number of hydrogen-bond donors (Lipinski definition) is 7. The number of nitrogens with two attached hydrogens (primary N) is 3. The third-order valence-electron chi connectivity index (χ3n) is 3.97. The Morgan fingerprint density at radius 2 is 1.57 bits per heavy atom.